The maximum atomic E-state index is 11.9. The molecule has 0 fully saturated rings. The Balaban J connectivity index is 2.38. The summed E-state index contributed by atoms with van der Waals surface area (Å²) in [6.45, 7) is 6.09. The third kappa shape index (κ3) is 1.80. The second kappa shape index (κ2) is 3.89. The first-order valence-corrected chi connectivity index (χ1v) is 5.11. The summed E-state index contributed by atoms with van der Waals surface area (Å²) in [5.41, 5.74) is 1.62. The molecule has 0 spiro atoms. The molecule has 78 valence electrons. The Kier molecular flexibility index (Phi) is 2.58. The number of hydrogen-bond acceptors (Lipinski definition) is 2. The molecule has 1 aliphatic rings. The summed E-state index contributed by atoms with van der Waals surface area (Å²) in [4.78, 5) is 11.9. The summed E-state index contributed by atoms with van der Waals surface area (Å²) in [6.07, 6.45) is 0.753. The molecular formula is C13H14O2. The molecule has 0 bridgehead atoms. The number of carbonyl (C=O) groups excluding carboxylic acids is 1. The van der Waals surface area contributed by atoms with Gasteiger partial charge in [-0.2, -0.15) is 0 Å². The van der Waals surface area contributed by atoms with E-state index in [9.17, 15) is 4.79 Å². The van der Waals surface area contributed by atoms with Crippen molar-refractivity contribution in [2.45, 2.75) is 19.3 Å². The van der Waals surface area contributed by atoms with Crippen molar-refractivity contribution < 1.29 is 9.53 Å². The van der Waals surface area contributed by atoms with Crippen LogP contribution in [-0.4, -0.2) is 12.4 Å². The number of fused-ring (bicyclic) bond motifs is 1. The van der Waals surface area contributed by atoms with Crippen LogP contribution in [0.25, 0.3) is 0 Å². The van der Waals surface area contributed by atoms with Crippen molar-refractivity contribution in [3.63, 3.8) is 0 Å². The summed E-state index contributed by atoms with van der Waals surface area (Å²) in [7, 11) is 0. The zero-order valence-corrected chi connectivity index (χ0v) is 8.82. The molecule has 2 heteroatoms. The second-order valence-electron chi connectivity index (χ2n) is 3.87. The van der Waals surface area contributed by atoms with E-state index >= 15 is 0 Å². The highest BCUT2D eigenvalue weighted by Gasteiger charge is 2.27. The third-order valence-electron chi connectivity index (χ3n) is 2.70. The summed E-state index contributed by atoms with van der Waals surface area (Å²) in [5, 5.41) is 0. The summed E-state index contributed by atoms with van der Waals surface area (Å²) in [6, 6.07) is 7.73. The zero-order chi connectivity index (χ0) is 10.8. The topological polar surface area (TPSA) is 26.3 Å². The van der Waals surface area contributed by atoms with Crippen LogP contribution < -0.4 is 4.74 Å². The number of benzene rings is 1. The summed E-state index contributed by atoms with van der Waals surface area (Å²) in [5.74, 6) is 0.904. The van der Waals surface area contributed by atoms with Crippen molar-refractivity contribution in [2.24, 2.45) is 0 Å². The first-order valence-electron chi connectivity index (χ1n) is 5.11. The molecule has 0 saturated heterocycles. The van der Waals surface area contributed by atoms with E-state index in [0.717, 1.165) is 17.7 Å². The van der Waals surface area contributed by atoms with E-state index < -0.39 is 0 Å². The molecule has 1 heterocycles. The number of carbonyl (C=O) groups is 1. The lowest BCUT2D eigenvalue weighted by Crippen LogP contribution is -2.21. The fraction of sp³-hybridized carbons (Fsp3) is 0.308. The Morgan fingerprint density at radius 3 is 2.93 bits per heavy atom. The molecule has 2 rings (SSSR count). The van der Waals surface area contributed by atoms with Gasteiger partial charge in [-0.15, -0.1) is 0 Å². The molecule has 0 aliphatic carbocycles. The van der Waals surface area contributed by atoms with Crippen molar-refractivity contribution in [1.82, 2.24) is 0 Å². The van der Waals surface area contributed by atoms with Crippen LogP contribution in [0, 0.1) is 0 Å². The molecular weight excluding hydrogens is 188 g/mol. The number of ether oxygens (including phenoxy) is 1. The van der Waals surface area contributed by atoms with Gasteiger partial charge in [0, 0.05) is 5.56 Å². The van der Waals surface area contributed by atoms with E-state index in [0.29, 0.717) is 12.2 Å². The van der Waals surface area contributed by atoms with Crippen molar-refractivity contribution in [1.29, 1.82) is 0 Å². The first-order chi connectivity index (χ1) is 7.20. The minimum absolute atomic E-state index is 0.0625. The predicted octanol–water partition coefficient (Wildman–Crippen LogP) is 2.70. The van der Waals surface area contributed by atoms with Crippen molar-refractivity contribution in [3.05, 3.63) is 42.0 Å². The van der Waals surface area contributed by atoms with Gasteiger partial charge in [0.1, 0.15) is 5.75 Å². The maximum absolute atomic E-state index is 11.9. The minimum atomic E-state index is -0.0625. The average molecular weight is 202 g/mol. The molecule has 2 nitrogen and oxygen atoms in total. The van der Waals surface area contributed by atoms with Gasteiger partial charge >= 0.3 is 0 Å². The Labute approximate surface area is 89.6 Å². The monoisotopic (exact) mass is 202 g/mol. The van der Waals surface area contributed by atoms with Gasteiger partial charge in [-0.25, -0.2) is 0 Å². The molecule has 1 atom stereocenters. The van der Waals surface area contributed by atoms with E-state index in [-0.39, 0.29) is 11.7 Å². The quantitative estimate of drug-likeness (QED) is 0.689. The Morgan fingerprint density at radius 1 is 1.47 bits per heavy atom. The summed E-state index contributed by atoms with van der Waals surface area (Å²) < 4.78 is 5.50. The van der Waals surface area contributed by atoms with E-state index in [1.54, 1.807) is 6.92 Å². The number of Topliss-reactive ketones (excluding diaryl/α,β-unsaturated/α-hetero) is 1. The molecule has 0 aromatic heterocycles. The van der Waals surface area contributed by atoms with Crippen LogP contribution >= 0.6 is 0 Å². The van der Waals surface area contributed by atoms with Crippen LogP contribution in [0.3, 0.4) is 0 Å². The van der Waals surface area contributed by atoms with Crippen LogP contribution in [0.15, 0.2) is 36.4 Å². The maximum Gasteiger partial charge on any atom is 0.165 e. The van der Waals surface area contributed by atoms with Crippen molar-refractivity contribution >= 4 is 5.78 Å². The molecule has 1 aromatic rings. The smallest absolute Gasteiger partial charge is 0.165 e. The van der Waals surface area contributed by atoms with Crippen LogP contribution in [-0.2, 0) is 4.79 Å². The van der Waals surface area contributed by atoms with Gasteiger partial charge in [0.05, 0.1) is 12.5 Å². The van der Waals surface area contributed by atoms with E-state index in [1.165, 1.54) is 0 Å². The third-order valence-corrected chi connectivity index (χ3v) is 2.70. The number of para-hydroxylation sites is 1. The van der Waals surface area contributed by atoms with Crippen molar-refractivity contribution in [2.75, 3.05) is 6.61 Å². The molecule has 0 N–H and O–H groups in total. The van der Waals surface area contributed by atoms with Crippen LogP contribution in [0.1, 0.15) is 24.8 Å². The number of allylic oxidation sites excluding steroid dienone is 1. The number of ketones is 1. The van der Waals surface area contributed by atoms with Gasteiger partial charge in [-0.3, -0.25) is 4.79 Å². The van der Waals surface area contributed by atoms with E-state index in [4.69, 9.17) is 4.74 Å². The molecule has 1 aromatic carbocycles. The highest BCUT2D eigenvalue weighted by Crippen LogP contribution is 2.34. The highest BCUT2D eigenvalue weighted by molar-refractivity contribution is 5.99. The Hall–Kier alpha value is -1.57. The molecule has 0 radical (unpaired) electrons. The van der Waals surface area contributed by atoms with Gasteiger partial charge in [-0.1, -0.05) is 24.8 Å². The predicted molar refractivity (Wildman–Crippen MR) is 59.1 cm³/mol. The SMILES string of the molecule is C=C(C)C(=O)C1CCOc2ccccc21. The van der Waals surface area contributed by atoms with Crippen molar-refractivity contribution in [3.8, 4) is 5.75 Å². The van der Waals surface area contributed by atoms with Gasteiger partial charge in [0.25, 0.3) is 0 Å². The molecule has 15 heavy (non-hydrogen) atoms. The van der Waals surface area contributed by atoms with Gasteiger partial charge in [0.15, 0.2) is 5.78 Å². The van der Waals surface area contributed by atoms with Gasteiger partial charge in [-0.05, 0) is 25.0 Å². The molecule has 1 unspecified atom stereocenters. The zero-order valence-electron chi connectivity index (χ0n) is 8.82. The summed E-state index contributed by atoms with van der Waals surface area (Å²) >= 11 is 0. The van der Waals surface area contributed by atoms with Gasteiger partial charge < -0.3 is 4.74 Å². The Bertz CT molecular complexity index is 407. The highest BCUT2D eigenvalue weighted by atomic mass is 16.5. The largest absolute Gasteiger partial charge is 0.493 e. The lowest BCUT2D eigenvalue weighted by atomic mass is 9.87. The second-order valence-corrected chi connectivity index (χ2v) is 3.87. The molecule has 0 amide bonds. The number of hydrogen-bond donors (Lipinski definition) is 0. The first kappa shape index (κ1) is 9.97. The fourth-order valence-electron chi connectivity index (χ4n) is 1.91. The minimum Gasteiger partial charge on any atom is -0.493 e. The number of rotatable bonds is 2. The van der Waals surface area contributed by atoms with Crippen LogP contribution in [0.5, 0.6) is 5.75 Å². The van der Waals surface area contributed by atoms with Gasteiger partial charge in [0.2, 0.25) is 0 Å². The Morgan fingerprint density at radius 2 is 2.20 bits per heavy atom. The van der Waals surface area contributed by atoms with E-state index in [2.05, 4.69) is 6.58 Å². The lowest BCUT2D eigenvalue weighted by Gasteiger charge is -2.24. The molecule has 0 saturated carbocycles. The standard InChI is InChI=1S/C13H14O2/c1-9(2)13(14)11-7-8-15-12-6-4-3-5-10(11)12/h3-6,11H,1,7-8H2,2H3. The van der Waals surface area contributed by atoms with Crippen LogP contribution in [0.4, 0.5) is 0 Å². The normalized spacial score (nSPS) is 18.9. The van der Waals surface area contributed by atoms with E-state index in [1.807, 2.05) is 24.3 Å². The average Bonchev–Trinajstić information content (AvgIpc) is 2.27. The molecule has 1 aliphatic heterocycles. The van der Waals surface area contributed by atoms with Crippen LogP contribution in [0.2, 0.25) is 0 Å². The fourth-order valence-corrected chi connectivity index (χ4v) is 1.91. The lowest BCUT2D eigenvalue weighted by molar-refractivity contribution is -0.117.